The minimum absolute atomic E-state index is 0.0669. The van der Waals surface area contributed by atoms with Crippen molar-refractivity contribution in [2.24, 2.45) is 16.6 Å². The number of amides is 1. The quantitative estimate of drug-likeness (QED) is 0.473. The lowest BCUT2D eigenvalue weighted by Gasteiger charge is -2.41. The summed E-state index contributed by atoms with van der Waals surface area (Å²) in [5, 5.41) is 0. The van der Waals surface area contributed by atoms with E-state index in [1.54, 1.807) is 0 Å². The van der Waals surface area contributed by atoms with E-state index in [1.165, 1.54) is 19.3 Å². The maximum atomic E-state index is 13.2. The molecule has 3 aliphatic carbocycles. The minimum Gasteiger partial charge on any atom is -0.458 e. The summed E-state index contributed by atoms with van der Waals surface area (Å²) in [5.74, 6) is 3.03. The summed E-state index contributed by atoms with van der Waals surface area (Å²) in [6.07, 6.45) is 18.3. The number of carbonyl (C=O) groups excluding carboxylic acids is 2. The molecule has 38 heavy (non-hydrogen) atoms. The first kappa shape index (κ1) is 26.5. The van der Waals surface area contributed by atoms with Crippen molar-refractivity contribution in [1.29, 1.82) is 0 Å². The molecular weight excluding hydrogens is 476 g/mol. The zero-order valence-corrected chi connectivity index (χ0v) is 22.7. The van der Waals surface area contributed by atoms with Gasteiger partial charge in [0.1, 0.15) is 17.3 Å². The molecule has 0 bridgehead atoms. The molecular formula is C31H42N4O3. The van der Waals surface area contributed by atoms with Crippen LogP contribution < -0.4 is 10.5 Å². The Bertz CT molecular complexity index is 1110. The van der Waals surface area contributed by atoms with E-state index in [2.05, 4.69) is 23.1 Å². The summed E-state index contributed by atoms with van der Waals surface area (Å²) in [5.41, 5.74) is 8.50. The highest BCUT2D eigenvalue weighted by Gasteiger charge is 2.35. The molecule has 1 aromatic rings. The molecule has 0 aromatic heterocycles. The van der Waals surface area contributed by atoms with Crippen LogP contribution in [-0.4, -0.2) is 46.6 Å². The highest BCUT2D eigenvalue weighted by atomic mass is 16.5. The number of nitrogens with zero attached hydrogens (tertiary/aromatic N) is 3. The number of ether oxygens (including phenoxy) is 1. The number of guanidine groups is 1. The van der Waals surface area contributed by atoms with Crippen molar-refractivity contribution >= 4 is 23.3 Å². The number of allylic oxidation sites excluding steroid dienone is 3. The average Bonchev–Trinajstić information content (AvgIpc) is 2.95. The number of hydrogen-bond acceptors (Lipinski definition) is 6. The number of carbonyl (C=O) groups is 2. The van der Waals surface area contributed by atoms with Gasteiger partial charge >= 0.3 is 0 Å². The highest BCUT2D eigenvalue weighted by molar-refractivity contribution is 5.84. The summed E-state index contributed by atoms with van der Waals surface area (Å²) in [6, 6.07) is 6.41. The van der Waals surface area contributed by atoms with Crippen LogP contribution in [0.25, 0.3) is 0 Å². The average molecular weight is 519 g/mol. The number of Topliss-reactive ketones (excluding diaryl/α,β-unsaturated/α-hetero) is 1. The van der Waals surface area contributed by atoms with Gasteiger partial charge in [-0.1, -0.05) is 25.3 Å². The predicted molar refractivity (Wildman–Crippen MR) is 150 cm³/mol. The number of benzene rings is 1. The molecule has 0 spiro atoms. The second kappa shape index (κ2) is 12.2. The van der Waals surface area contributed by atoms with Crippen LogP contribution in [0.4, 0.5) is 5.69 Å². The third kappa shape index (κ3) is 6.30. The number of aliphatic imine (C=N–C) groups is 1. The number of hydrogen-bond donors (Lipinski definition) is 1. The molecule has 1 atom stereocenters. The van der Waals surface area contributed by atoms with Crippen LogP contribution in [0.5, 0.6) is 5.75 Å². The molecule has 1 amide bonds. The van der Waals surface area contributed by atoms with Crippen molar-refractivity contribution in [1.82, 2.24) is 9.80 Å². The summed E-state index contributed by atoms with van der Waals surface area (Å²) < 4.78 is 6.12. The Labute approximate surface area is 226 Å². The zero-order chi connectivity index (χ0) is 26.5. The van der Waals surface area contributed by atoms with Gasteiger partial charge in [-0.3, -0.25) is 9.59 Å². The Hall–Kier alpha value is -3.09. The van der Waals surface area contributed by atoms with Gasteiger partial charge in [-0.2, -0.15) is 0 Å². The van der Waals surface area contributed by atoms with Gasteiger partial charge in [0.15, 0.2) is 5.96 Å². The van der Waals surface area contributed by atoms with Crippen molar-refractivity contribution in [3.8, 4) is 5.75 Å². The lowest BCUT2D eigenvalue weighted by molar-refractivity contribution is -0.133. The smallest absolute Gasteiger partial charge is 0.222 e. The van der Waals surface area contributed by atoms with Gasteiger partial charge in [0.2, 0.25) is 5.91 Å². The lowest BCUT2D eigenvalue weighted by Crippen LogP contribution is -2.50. The van der Waals surface area contributed by atoms with E-state index >= 15 is 0 Å². The summed E-state index contributed by atoms with van der Waals surface area (Å²) >= 11 is 0. The van der Waals surface area contributed by atoms with E-state index in [4.69, 9.17) is 15.5 Å². The molecule has 4 aliphatic rings. The molecule has 7 nitrogen and oxygen atoms in total. The predicted octanol–water partition coefficient (Wildman–Crippen LogP) is 5.76. The Morgan fingerprint density at radius 3 is 2.68 bits per heavy atom. The Morgan fingerprint density at radius 1 is 1.16 bits per heavy atom. The molecule has 7 heteroatoms. The number of nitrogens with two attached hydrogens (primary N) is 1. The van der Waals surface area contributed by atoms with Crippen LogP contribution >= 0.6 is 0 Å². The van der Waals surface area contributed by atoms with E-state index in [-0.39, 0.29) is 11.9 Å². The molecule has 204 valence electrons. The molecule has 0 radical (unpaired) electrons. The summed E-state index contributed by atoms with van der Waals surface area (Å²) in [7, 11) is 1.97. The van der Waals surface area contributed by atoms with Crippen LogP contribution in [0, 0.1) is 5.92 Å². The maximum absolute atomic E-state index is 13.2. The SMILES string of the molecule is CN(C(=O)CCC(C1CCC(=O)CC1)N1Cc2cc(OC3=CCCC=C3)ccc2N=C1N)C1CCCCC1. The van der Waals surface area contributed by atoms with Gasteiger partial charge in [0.25, 0.3) is 0 Å². The molecule has 2 fully saturated rings. The van der Waals surface area contributed by atoms with Gasteiger partial charge in [0.05, 0.1) is 5.69 Å². The van der Waals surface area contributed by atoms with E-state index in [0.29, 0.717) is 55.9 Å². The van der Waals surface area contributed by atoms with E-state index in [0.717, 1.165) is 61.3 Å². The van der Waals surface area contributed by atoms with Gasteiger partial charge in [-0.15, -0.1) is 0 Å². The van der Waals surface area contributed by atoms with E-state index in [9.17, 15) is 9.59 Å². The second-order valence-electron chi connectivity index (χ2n) is 11.4. The zero-order valence-electron chi connectivity index (χ0n) is 22.7. The Morgan fingerprint density at radius 2 is 1.95 bits per heavy atom. The molecule has 1 unspecified atom stereocenters. The Balaban J connectivity index is 1.31. The largest absolute Gasteiger partial charge is 0.458 e. The third-order valence-electron chi connectivity index (χ3n) is 8.82. The molecule has 2 saturated carbocycles. The van der Waals surface area contributed by atoms with Gasteiger partial charge in [-0.25, -0.2) is 4.99 Å². The van der Waals surface area contributed by atoms with E-state index < -0.39 is 0 Å². The number of rotatable bonds is 8. The first-order valence-electron chi connectivity index (χ1n) is 14.5. The van der Waals surface area contributed by atoms with Crippen molar-refractivity contribution in [2.75, 3.05) is 7.05 Å². The van der Waals surface area contributed by atoms with E-state index in [1.807, 2.05) is 30.2 Å². The normalized spacial score (nSPS) is 21.4. The molecule has 5 rings (SSSR count). The van der Waals surface area contributed by atoms with Crippen molar-refractivity contribution in [3.63, 3.8) is 0 Å². The maximum Gasteiger partial charge on any atom is 0.222 e. The van der Waals surface area contributed by atoms with Crippen LogP contribution in [0.15, 0.2) is 47.2 Å². The Kier molecular flexibility index (Phi) is 8.50. The fourth-order valence-electron chi connectivity index (χ4n) is 6.51. The minimum atomic E-state index is 0.0669. The topological polar surface area (TPSA) is 88.2 Å². The third-order valence-corrected chi connectivity index (χ3v) is 8.82. The van der Waals surface area contributed by atoms with Crippen molar-refractivity contribution in [2.45, 2.75) is 102 Å². The fraction of sp³-hybridized carbons (Fsp3) is 0.581. The lowest BCUT2D eigenvalue weighted by atomic mass is 9.80. The molecule has 0 saturated heterocycles. The summed E-state index contributed by atoms with van der Waals surface area (Å²) in [6.45, 7) is 0.624. The number of fused-ring (bicyclic) bond motifs is 1. The number of ketones is 1. The van der Waals surface area contributed by atoms with Crippen molar-refractivity contribution < 1.29 is 14.3 Å². The van der Waals surface area contributed by atoms with Crippen LogP contribution in [-0.2, 0) is 16.1 Å². The van der Waals surface area contributed by atoms with Gasteiger partial charge < -0.3 is 20.3 Å². The first-order valence-corrected chi connectivity index (χ1v) is 14.5. The van der Waals surface area contributed by atoms with Crippen LogP contribution in [0.1, 0.15) is 89.0 Å². The molecule has 1 aromatic carbocycles. The first-order chi connectivity index (χ1) is 18.5. The van der Waals surface area contributed by atoms with Crippen LogP contribution in [0.3, 0.4) is 0 Å². The van der Waals surface area contributed by atoms with Gasteiger partial charge in [-0.05, 0) is 81.2 Å². The van der Waals surface area contributed by atoms with Crippen molar-refractivity contribution in [3.05, 3.63) is 47.7 Å². The van der Waals surface area contributed by atoms with Gasteiger partial charge in [0, 0.05) is 50.5 Å². The van der Waals surface area contributed by atoms with Crippen LogP contribution in [0.2, 0.25) is 0 Å². The molecule has 2 N–H and O–H groups in total. The summed E-state index contributed by atoms with van der Waals surface area (Å²) in [4.78, 5) is 34.2. The fourth-order valence-corrected chi connectivity index (χ4v) is 6.51. The highest BCUT2D eigenvalue weighted by Crippen LogP contribution is 2.36. The second-order valence-corrected chi connectivity index (χ2v) is 11.4. The molecule has 1 heterocycles. The standard InChI is InChI=1S/C31H42N4O3/c1-34(24-8-4-2-5-9-24)30(37)19-18-29(22-12-14-25(36)15-13-22)35-21-23-20-27(16-17-28(23)33-31(35)32)38-26-10-6-3-7-11-26/h6,10-11,16-17,20,22,24,29H,2-5,7-9,12-15,18-19,21H2,1H3,(H2,32,33). The molecule has 1 aliphatic heterocycles. The monoisotopic (exact) mass is 518 g/mol.